The molecule has 4 rings (SSSR count). The summed E-state index contributed by atoms with van der Waals surface area (Å²) in [6, 6.07) is 10.2. The van der Waals surface area contributed by atoms with Crippen LogP contribution in [0.25, 0.3) is 0 Å². The number of fused-ring (bicyclic) bond motifs is 1. The van der Waals surface area contributed by atoms with Crippen molar-refractivity contribution in [2.45, 2.75) is 42.6 Å². The van der Waals surface area contributed by atoms with Crippen molar-refractivity contribution >= 4 is 34.9 Å². The number of ether oxygens (including phenoxy) is 2. The number of ketones is 1. The zero-order valence-corrected chi connectivity index (χ0v) is 17.6. The molecule has 0 bridgehead atoms. The van der Waals surface area contributed by atoms with Crippen molar-refractivity contribution in [1.29, 1.82) is 0 Å². The van der Waals surface area contributed by atoms with Crippen molar-refractivity contribution in [2.24, 2.45) is 5.41 Å². The molecule has 1 spiro atoms. The topological polar surface area (TPSA) is 52.6 Å². The highest BCUT2D eigenvalue weighted by atomic mass is 32.2. The summed E-state index contributed by atoms with van der Waals surface area (Å²) in [7, 11) is 0. The maximum atomic E-state index is 13.2. The molecule has 4 nitrogen and oxygen atoms in total. The van der Waals surface area contributed by atoms with Gasteiger partial charge in [-0.3, -0.25) is 4.79 Å². The highest BCUT2D eigenvalue weighted by Gasteiger charge is 2.43. The van der Waals surface area contributed by atoms with Crippen molar-refractivity contribution < 1.29 is 19.1 Å². The number of rotatable bonds is 5. The van der Waals surface area contributed by atoms with E-state index in [4.69, 9.17) is 9.47 Å². The Labute approximate surface area is 173 Å². The highest BCUT2D eigenvalue weighted by Crippen LogP contribution is 2.49. The van der Waals surface area contributed by atoms with Gasteiger partial charge in [0.05, 0.1) is 10.8 Å². The third kappa shape index (κ3) is 3.91. The van der Waals surface area contributed by atoms with Crippen molar-refractivity contribution in [3.63, 3.8) is 0 Å². The van der Waals surface area contributed by atoms with E-state index in [0.29, 0.717) is 31.1 Å². The van der Waals surface area contributed by atoms with Crippen molar-refractivity contribution in [3.8, 4) is 0 Å². The van der Waals surface area contributed by atoms with Crippen LogP contribution >= 0.6 is 23.1 Å². The summed E-state index contributed by atoms with van der Waals surface area (Å²) in [5.74, 6) is 0.653. The van der Waals surface area contributed by atoms with E-state index in [1.165, 1.54) is 16.9 Å². The van der Waals surface area contributed by atoms with E-state index in [0.717, 1.165) is 40.4 Å². The SMILES string of the molecule is CCOC(=O)c1sc(SCc2ccccc2)c2c1CC1(CCOCC1)CC2=O. The largest absolute Gasteiger partial charge is 0.462 e. The van der Waals surface area contributed by atoms with Gasteiger partial charge in [0.15, 0.2) is 5.78 Å². The Bertz CT molecular complexity index is 866. The summed E-state index contributed by atoms with van der Waals surface area (Å²) < 4.78 is 11.8. The molecule has 1 aliphatic carbocycles. The first-order valence-corrected chi connectivity index (χ1v) is 11.5. The average molecular weight is 417 g/mol. The molecule has 28 heavy (non-hydrogen) atoms. The van der Waals surface area contributed by atoms with Gasteiger partial charge in [-0.25, -0.2) is 4.79 Å². The minimum atomic E-state index is -0.299. The molecule has 1 aromatic carbocycles. The van der Waals surface area contributed by atoms with Gasteiger partial charge in [0, 0.05) is 31.0 Å². The molecular formula is C22H24O4S2. The number of hydrogen-bond acceptors (Lipinski definition) is 6. The van der Waals surface area contributed by atoms with Crippen LogP contribution in [-0.4, -0.2) is 31.6 Å². The minimum absolute atomic E-state index is 0.0635. The summed E-state index contributed by atoms with van der Waals surface area (Å²) in [5.41, 5.74) is 2.83. The number of thioether (sulfide) groups is 1. The minimum Gasteiger partial charge on any atom is -0.462 e. The van der Waals surface area contributed by atoms with E-state index in [1.54, 1.807) is 11.8 Å². The molecule has 0 N–H and O–H groups in total. The molecule has 2 heterocycles. The first-order valence-electron chi connectivity index (χ1n) is 9.72. The fourth-order valence-corrected chi connectivity index (χ4v) is 6.60. The number of Topliss-reactive ketones (excluding diaryl/α,β-unsaturated/α-hetero) is 1. The fraction of sp³-hybridized carbons (Fsp3) is 0.455. The van der Waals surface area contributed by atoms with Crippen LogP contribution in [-0.2, 0) is 21.6 Å². The Morgan fingerprint density at radius 2 is 1.96 bits per heavy atom. The van der Waals surface area contributed by atoms with E-state index in [9.17, 15) is 9.59 Å². The lowest BCUT2D eigenvalue weighted by molar-refractivity contribution is 0.00913. The lowest BCUT2D eigenvalue weighted by Gasteiger charge is -2.39. The zero-order chi connectivity index (χ0) is 19.6. The highest BCUT2D eigenvalue weighted by molar-refractivity contribution is 8.00. The van der Waals surface area contributed by atoms with Gasteiger partial charge in [0.1, 0.15) is 4.88 Å². The number of hydrogen-bond donors (Lipinski definition) is 0. The Balaban J connectivity index is 1.68. The number of carbonyl (C=O) groups excluding carboxylic acids is 2. The smallest absolute Gasteiger partial charge is 0.348 e. The number of carbonyl (C=O) groups is 2. The molecule has 0 saturated carbocycles. The standard InChI is InChI=1S/C22H24O4S2/c1-2-26-20(24)19-16-12-22(8-10-25-11-9-22)13-17(23)18(16)21(28-19)27-14-15-6-4-3-5-7-15/h3-7H,2,8-14H2,1H3. The van der Waals surface area contributed by atoms with Gasteiger partial charge >= 0.3 is 5.97 Å². The Hall–Kier alpha value is -1.63. The van der Waals surface area contributed by atoms with Gasteiger partial charge in [-0.2, -0.15) is 0 Å². The predicted molar refractivity (Wildman–Crippen MR) is 111 cm³/mol. The number of benzene rings is 1. The molecule has 0 unspecified atom stereocenters. The molecule has 1 aliphatic heterocycles. The van der Waals surface area contributed by atoms with Crippen LogP contribution in [0.3, 0.4) is 0 Å². The van der Waals surface area contributed by atoms with E-state index in [-0.39, 0.29) is 17.2 Å². The van der Waals surface area contributed by atoms with Gasteiger partial charge in [0.25, 0.3) is 0 Å². The van der Waals surface area contributed by atoms with Crippen molar-refractivity contribution in [1.82, 2.24) is 0 Å². The monoisotopic (exact) mass is 416 g/mol. The van der Waals surface area contributed by atoms with Gasteiger partial charge in [-0.1, -0.05) is 30.3 Å². The summed E-state index contributed by atoms with van der Waals surface area (Å²) in [5, 5.41) is 0. The molecule has 0 atom stereocenters. The lowest BCUT2D eigenvalue weighted by Crippen LogP contribution is -2.37. The third-order valence-corrected chi connectivity index (χ3v) is 8.12. The second-order valence-corrected chi connectivity index (χ2v) is 9.72. The first kappa shape index (κ1) is 19.7. The van der Waals surface area contributed by atoms with Crippen molar-refractivity contribution in [3.05, 3.63) is 51.9 Å². The molecular weight excluding hydrogens is 392 g/mol. The van der Waals surface area contributed by atoms with E-state index in [2.05, 4.69) is 12.1 Å². The average Bonchev–Trinajstić information content (AvgIpc) is 3.06. The summed E-state index contributed by atoms with van der Waals surface area (Å²) >= 11 is 3.08. The molecule has 2 aromatic rings. The quantitative estimate of drug-likeness (QED) is 0.499. The van der Waals surface area contributed by atoms with Crippen LogP contribution in [0.5, 0.6) is 0 Å². The second kappa shape index (κ2) is 8.39. The summed E-state index contributed by atoms with van der Waals surface area (Å²) in [6.07, 6.45) is 3.08. The van der Waals surface area contributed by atoms with Crippen LogP contribution in [0.15, 0.2) is 34.5 Å². The lowest BCUT2D eigenvalue weighted by atomic mass is 9.67. The Morgan fingerprint density at radius 3 is 2.68 bits per heavy atom. The van der Waals surface area contributed by atoms with Gasteiger partial charge in [0.2, 0.25) is 0 Å². The van der Waals surface area contributed by atoms with Gasteiger partial charge in [-0.05, 0) is 42.7 Å². The summed E-state index contributed by atoms with van der Waals surface area (Å²) in [6.45, 7) is 3.53. The van der Waals surface area contributed by atoms with Crippen LogP contribution in [0.2, 0.25) is 0 Å². The van der Waals surface area contributed by atoms with E-state index < -0.39 is 0 Å². The molecule has 2 aliphatic rings. The third-order valence-electron chi connectivity index (χ3n) is 5.57. The maximum Gasteiger partial charge on any atom is 0.348 e. The molecule has 0 amide bonds. The fourth-order valence-electron chi connectivity index (χ4n) is 4.10. The Kier molecular flexibility index (Phi) is 5.90. The molecule has 0 radical (unpaired) electrons. The van der Waals surface area contributed by atoms with Gasteiger partial charge in [-0.15, -0.1) is 23.1 Å². The maximum absolute atomic E-state index is 13.2. The van der Waals surface area contributed by atoms with Crippen LogP contribution in [0, 0.1) is 5.41 Å². The second-order valence-electron chi connectivity index (χ2n) is 7.46. The Morgan fingerprint density at radius 1 is 1.21 bits per heavy atom. The zero-order valence-electron chi connectivity index (χ0n) is 16.0. The van der Waals surface area contributed by atoms with Crippen LogP contribution < -0.4 is 0 Å². The van der Waals surface area contributed by atoms with E-state index in [1.807, 2.05) is 25.1 Å². The van der Waals surface area contributed by atoms with E-state index >= 15 is 0 Å². The number of esters is 1. The van der Waals surface area contributed by atoms with Crippen molar-refractivity contribution in [2.75, 3.05) is 19.8 Å². The molecule has 148 valence electrons. The molecule has 1 aromatic heterocycles. The molecule has 6 heteroatoms. The summed E-state index contributed by atoms with van der Waals surface area (Å²) in [4.78, 5) is 26.4. The molecule has 1 saturated heterocycles. The predicted octanol–water partition coefficient (Wildman–Crippen LogP) is 5.14. The normalized spacial score (nSPS) is 18.1. The van der Waals surface area contributed by atoms with Gasteiger partial charge < -0.3 is 9.47 Å². The van der Waals surface area contributed by atoms with Crippen LogP contribution in [0.4, 0.5) is 0 Å². The number of thiophene rings is 1. The first-order chi connectivity index (χ1) is 13.6. The molecule has 1 fully saturated rings. The van der Waals surface area contributed by atoms with Crippen LogP contribution in [0.1, 0.15) is 57.3 Å².